The number of β-amino-alcohol motifs (C(OH)–C–C–N with tert-alkyl or cyclic N) is 1. The maximum absolute atomic E-state index is 12.0. The number of hydrogen-bond donors (Lipinski definition) is 3. The maximum Gasteiger partial charge on any atom is 0.237 e. The lowest BCUT2D eigenvalue weighted by atomic mass is 10.1. The molecule has 1 heterocycles. The summed E-state index contributed by atoms with van der Waals surface area (Å²) in [5.41, 5.74) is 1.18. The highest BCUT2D eigenvalue weighted by atomic mass is 79.9. The van der Waals surface area contributed by atoms with E-state index in [1.165, 1.54) is 5.56 Å². The third-order valence-electron chi connectivity index (χ3n) is 3.24. The van der Waals surface area contributed by atoms with Crippen molar-refractivity contribution in [3.63, 3.8) is 0 Å². The third kappa shape index (κ3) is 4.30. The topological polar surface area (TPSA) is 61.4 Å². The molecule has 0 saturated carbocycles. The number of aliphatic hydroxyl groups is 1. The first-order chi connectivity index (χ1) is 9.04. The molecule has 1 fully saturated rings. The minimum absolute atomic E-state index is 0.0287. The number of hydrogen-bond acceptors (Lipinski definition) is 3. The van der Waals surface area contributed by atoms with Gasteiger partial charge in [0.25, 0.3) is 0 Å². The number of halogens is 1. The van der Waals surface area contributed by atoms with Crippen LogP contribution in [0.25, 0.3) is 0 Å². The van der Waals surface area contributed by atoms with Crippen LogP contribution in [0.1, 0.15) is 18.9 Å². The standard InChI is InChI=1S/C14H19BrN2O2/c1-9(5-10-3-2-4-11(15)6-10)17-14(19)13-7-12(18)8-16-13/h2-4,6,9,12-13,16,18H,5,7-8H2,1H3,(H,17,19)/t9-,12-,13+/m1/s1. The third-order valence-corrected chi connectivity index (χ3v) is 3.74. The summed E-state index contributed by atoms with van der Waals surface area (Å²) in [6.07, 6.45) is 0.881. The molecule has 1 amide bonds. The molecule has 1 aromatic rings. The van der Waals surface area contributed by atoms with Crippen molar-refractivity contribution in [1.82, 2.24) is 10.6 Å². The summed E-state index contributed by atoms with van der Waals surface area (Å²) in [5.74, 6) is -0.0287. The molecule has 5 heteroatoms. The molecule has 2 rings (SSSR count). The molecule has 1 aliphatic rings. The second kappa shape index (κ2) is 6.50. The fourth-order valence-corrected chi connectivity index (χ4v) is 2.78. The largest absolute Gasteiger partial charge is 0.392 e. The molecule has 0 spiro atoms. The van der Waals surface area contributed by atoms with Gasteiger partial charge in [0, 0.05) is 17.1 Å². The first kappa shape index (κ1) is 14.5. The Morgan fingerprint density at radius 3 is 3.05 bits per heavy atom. The van der Waals surface area contributed by atoms with E-state index in [-0.39, 0.29) is 18.0 Å². The van der Waals surface area contributed by atoms with Gasteiger partial charge >= 0.3 is 0 Å². The quantitative estimate of drug-likeness (QED) is 0.779. The molecule has 19 heavy (non-hydrogen) atoms. The zero-order valence-electron chi connectivity index (χ0n) is 10.9. The number of nitrogens with one attached hydrogen (secondary N) is 2. The first-order valence-electron chi connectivity index (χ1n) is 6.51. The molecular weight excluding hydrogens is 308 g/mol. The lowest BCUT2D eigenvalue weighted by Gasteiger charge is -2.17. The maximum atomic E-state index is 12.0. The van der Waals surface area contributed by atoms with Gasteiger partial charge in [-0.15, -0.1) is 0 Å². The van der Waals surface area contributed by atoms with Crippen LogP contribution in [0.3, 0.4) is 0 Å². The van der Waals surface area contributed by atoms with E-state index in [0.29, 0.717) is 13.0 Å². The zero-order valence-corrected chi connectivity index (χ0v) is 12.5. The Kier molecular flexibility index (Phi) is 4.96. The Morgan fingerprint density at radius 2 is 2.42 bits per heavy atom. The number of amides is 1. The normalized spacial score (nSPS) is 24.2. The van der Waals surface area contributed by atoms with Crippen LogP contribution in [0, 0.1) is 0 Å². The smallest absolute Gasteiger partial charge is 0.237 e. The van der Waals surface area contributed by atoms with E-state index < -0.39 is 6.10 Å². The van der Waals surface area contributed by atoms with Crippen LogP contribution in [-0.4, -0.2) is 35.7 Å². The Balaban J connectivity index is 1.84. The van der Waals surface area contributed by atoms with Crippen LogP contribution in [0.4, 0.5) is 0 Å². The van der Waals surface area contributed by atoms with Crippen molar-refractivity contribution in [1.29, 1.82) is 0 Å². The summed E-state index contributed by atoms with van der Waals surface area (Å²) in [6, 6.07) is 7.88. The molecular formula is C14H19BrN2O2. The molecule has 0 bridgehead atoms. The number of benzene rings is 1. The second-order valence-corrected chi connectivity index (χ2v) is 6.01. The van der Waals surface area contributed by atoms with Gasteiger partial charge in [-0.25, -0.2) is 0 Å². The van der Waals surface area contributed by atoms with Gasteiger partial charge in [0.15, 0.2) is 0 Å². The lowest BCUT2D eigenvalue weighted by Crippen LogP contribution is -2.44. The van der Waals surface area contributed by atoms with Crippen molar-refractivity contribution in [3.05, 3.63) is 34.3 Å². The van der Waals surface area contributed by atoms with Gasteiger partial charge in [0.05, 0.1) is 12.1 Å². The fourth-order valence-electron chi connectivity index (χ4n) is 2.33. The molecule has 3 N–H and O–H groups in total. The van der Waals surface area contributed by atoms with Crippen LogP contribution in [0.5, 0.6) is 0 Å². The van der Waals surface area contributed by atoms with E-state index in [0.717, 1.165) is 10.9 Å². The Bertz CT molecular complexity index is 453. The number of rotatable bonds is 4. The van der Waals surface area contributed by atoms with E-state index in [2.05, 4.69) is 32.6 Å². The predicted octanol–water partition coefficient (Wildman–Crippen LogP) is 1.22. The summed E-state index contributed by atoms with van der Waals surface area (Å²) >= 11 is 3.44. The SMILES string of the molecule is C[C@H](Cc1cccc(Br)c1)NC(=O)[C@@H]1C[C@@H](O)CN1. The average molecular weight is 327 g/mol. The second-order valence-electron chi connectivity index (χ2n) is 5.09. The van der Waals surface area contributed by atoms with Crippen LogP contribution >= 0.6 is 15.9 Å². The van der Waals surface area contributed by atoms with Gasteiger partial charge in [-0.3, -0.25) is 4.79 Å². The first-order valence-corrected chi connectivity index (χ1v) is 7.30. The van der Waals surface area contributed by atoms with Crippen molar-refractivity contribution >= 4 is 21.8 Å². The van der Waals surface area contributed by atoms with Crippen molar-refractivity contribution in [3.8, 4) is 0 Å². The van der Waals surface area contributed by atoms with Crippen molar-refractivity contribution in [2.75, 3.05) is 6.54 Å². The number of carbonyl (C=O) groups is 1. The van der Waals surface area contributed by atoms with Crippen LogP contribution in [0.15, 0.2) is 28.7 Å². The molecule has 0 radical (unpaired) electrons. The molecule has 0 unspecified atom stereocenters. The van der Waals surface area contributed by atoms with Gasteiger partial charge in [0.1, 0.15) is 0 Å². The molecule has 4 nitrogen and oxygen atoms in total. The van der Waals surface area contributed by atoms with Gasteiger partial charge in [-0.1, -0.05) is 28.1 Å². The molecule has 0 aromatic heterocycles. The number of carbonyl (C=O) groups excluding carboxylic acids is 1. The molecule has 104 valence electrons. The highest BCUT2D eigenvalue weighted by Crippen LogP contribution is 2.13. The van der Waals surface area contributed by atoms with E-state index in [1.807, 2.05) is 25.1 Å². The Hall–Kier alpha value is -0.910. The summed E-state index contributed by atoms with van der Waals surface area (Å²) in [6.45, 7) is 2.49. The molecule has 1 aromatic carbocycles. The summed E-state index contributed by atoms with van der Waals surface area (Å²) < 4.78 is 1.05. The molecule has 1 saturated heterocycles. The lowest BCUT2D eigenvalue weighted by molar-refractivity contribution is -0.123. The van der Waals surface area contributed by atoms with Gasteiger partial charge in [-0.2, -0.15) is 0 Å². The minimum atomic E-state index is -0.406. The van der Waals surface area contributed by atoms with Crippen LogP contribution in [-0.2, 0) is 11.2 Å². The van der Waals surface area contributed by atoms with Gasteiger partial charge in [0.2, 0.25) is 5.91 Å². The van der Waals surface area contributed by atoms with E-state index in [4.69, 9.17) is 0 Å². The summed E-state index contributed by atoms with van der Waals surface area (Å²) in [7, 11) is 0. The Labute approximate surface area is 121 Å². The number of aliphatic hydroxyl groups excluding tert-OH is 1. The van der Waals surface area contributed by atoms with Crippen LogP contribution in [0.2, 0.25) is 0 Å². The highest BCUT2D eigenvalue weighted by molar-refractivity contribution is 9.10. The summed E-state index contributed by atoms with van der Waals surface area (Å²) in [5, 5.41) is 15.4. The van der Waals surface area contributed by atoms with E-state index >= 15 is 0 Å². The zero-order chi connectivity index (χ0) is 13.8. The predicted molar refractivity (Wildman–Crippen MR) is 77.9 cm³/mol. The summed E-state index contributed by atoms with van der Waals surface area (Å²) in [4.78, 5) is 12.0. The molecule has 0 aliphatic carbocycles. The Morgan fingerprint density at radius 1 is 1.63 bits per heavy atom. The van der Waals surface area contributed by atoms with Crippen molar-refractivity contribution in [2.24, 2.45) is 0 Å². The molecule has 1 aliphatic heterocycles. The van der Waals surface area contributed by atoms with E-state index in [1.54, 1.807) is 0 Å². The average Bonchev–Trinajstić information content (AvgIpc) is 2.75. The van der Waals surface area contributed by atoms with Gasteiger partial charge < -0.3 is 15.7 Å². The van der Waals surface area contributed by atoms with Crippen molar-refractivity contribution < 1.29 is 9.90 Å². The minimum Gasteiger partial charge on any atom is -0.392 e. The van der Waals surface area contributed by atoms with Gasteiger partial charge in [-0.05, 0) is 37.5 Å². The molecule has 3 atom stereocenters. The van der Waals surface area contributed by atoms with Crippen LogP contribution < -0.4 is 10.6 Å². The van der Waals surface area contributed by atoms with E-state index in [9.17, 15) is 9.90 Å². The van der Waals surface area contributed by atoms with Crippen molar-refractivity contribution in [2.45, 2.75) is 38.0 Å². The highest BCUT2D eigenvalue weighted by Gasteiger charge is 2.28. The fraction of sp³-hybridized carbons (Fsp3) is 0.500. The monoisotopic (exact) mass is 326 g/mol.